The summed E-state index contributed by atoms with van der Waals surface area (Å²) >= 11 is 3.52. The number of halogens is 1. The molecule has 0 aliphatic rings. The number of hydrogen-bond donors (Lipinski definition) is 2. The Kier molecular flexibility index (Phi) is 5.62. The maximum atomic E-state index is 9.26. The van der Waals surface area contributed by atoms with Crippen molar-refractivity contribution in [3.63, 3.8) is 0 Å². The zero-order valence-corrected chi connectivity index (χ0v) is 13.2. The molecule has 0 radical (unpaired) electrons. The predicted molar refractivity (Wildman–Crippen MR) is 87.0 cm³/mol. The highest BCUT2D eigenvalue weighted by Gasteiger charge is 2.08. The standard InChI is InChI=1S/C17H20BrNO/c1-2-17(14-4-3-5-15(18)12-14)19-11-10-13-6-8-16(20)9-7-13/h3-9,12,17,19-20H,2,10-11H2,1H3. The van der Waals surface area contributed by atoms with Gasteiger partial charge in [-0.3, -0.25) is 0 Å². The van der Waals surface area contributed by atoms with E-state index in [2.05, 4.69) is 46.4 Å². The molecule has 0 aliphatic carbocycles. The number of benzene rings is 2. The molecule has 1 atom stereocenters. The molecule has 0 fully saturated rings. The van der Waals surface area contributed by atoms with Crippen molar-refractivity contribution in [1.29, 1.82) is 0 Å². The van der Waals surface area contributed by atoms with Crippen LogP contribution in [-0.2, 0) is 6.42 Å². The van der Waals surface area contributed by atoms with E-state index in [4.69, 9.17) is 0 Å². The fourth-order valence-electron chi connectivity index (χ4n) is 2.27. The van der Waals surface area contributed by atoms with E-state index in [0.717, 1.165) is 23.9 Å². The van der Waals surface area contributed by atoms with Crippen molar-refractivity contribution < 1.29 is 5.11 Å². The first-order chi connectivity index (χ1) is 9.69. The van der Waals surface area contributed by atoms with Crippen LogP contribution in [0.3, 0.4) is 0 Å². The first-order valence-electron chi connectivity index (χ1n) is 6.96. The van der Waals surface area contributed by atoms with Crippen LogP contribution < -0.4 is 5.32 Å². The highest BCUT2D eigenvalue weighted by Crippen LogP contribution is 2.20. The van der Waals surface area contributed by atoms with Crippen molar-refractivity contribution in [3.05, 3.63) is 64.1 Å². The van der Waals surface area contributed by atoms with Crippen LogP contribution in [0.2, 0.25) is 0 Å². The summed E-state index contributed by atoms with van der Waals surface area (Å²) in [7, 11) is 0. The molecule has 1 unspecified atom stereocenters. The van der Waals surface area contributed by atoms with Gasteiger partial charge in [-0.05, 0) is 54.8 Å². The normalized spacial score (nSPS) is 12.3. The van der Waals surface area contributed by atoms with Crippen LogP contribution >= 0.6 is 15.9 Å². The molecule has 2 nitrogen and oxygen atoms in total. The largest absolute Gasteiger partial charge is 0.508 e. The summed E-state index contributed by atoms with van der Waals surface area (Å²) in [6.45, 7) is 3.12. The average molecular weight is 334 g/mol. The fourth-order valence-corrected chi connectivity index (χ4v) is 2.69. The molecule has 0 aromatic heterocycles. The van der Waals surface area contributed by atoms with Gasteiger partial charge in [-0.1, -0.05) is 47.1 Å². The van der Waals surface area contributed by atoms with E-state index in [0.29, 0.717) is 11.8 Å². The number of nitrogens with one attached hydrogen (secondary N) is 1. The second-order valence-electron chi connectivity index (χ2n) is 4.89. The lowest BCUT2D eigenvalue weighted by Gasteiger charge is -2.17. The van der Waals surface area contributed by atoms with E-state index < -0.39 is 0 Å². The highest BCUT2D eigenvalue weighted by atomic mass is 79.9. The van der Waals surface area contributed by atoms with Gasteiger partial charge in [-0.2, -0.15) is 0 Å². The summed E-state index contributed by atoms with van der Waals surface area (Å²) in [6.07, 6.45) is 2.02. The third-order valence-electron chi connectivity index (χ3n) is 3.40. The van der Waals surface area contributed by atoms with E-state index in [1.165, 1.54) is 11.1 Å². The SMILES string of the molecule is CCC(NCCc1ccc(O)cc1)c1cccc(Br)c1. The molecule has 0 aliphatic heterocycles. The zero-order chi connectivity index (χ0) is 14.4. The van der Waals surface area contributed by atoms with Crippen molar-refractivity contribution in [2.45, 2.75) is 25.8 Å². The van der Waals surface area contributed by atoms with Crippen molar-refractivity contribution in [1.82, 2.24) is 5.32 Å². The Balaban J connectivity index is 1.89. The number of aromatic hydroxyl groups is 1. The molecule has 0 saturated carbocycles. The van der Waals surface area contributed by atoms with Crippen molar-refractivity contribution in [2.75, 3.05) is 6.54 Å². The number of phenolic OH excluding ortho intramolecular Hbond substituents is 1. The summed E-state index contributed by atoms with van der Waals surface area (Å²) in [5.41, 5.74) is 2.55. The van der Waals surface area contributed by atoms with Gasteiger partial charge in [0.25, 0.3) is 0 Å². The molecular formula is C17H20BrNO. The van der Waals surface area contributed by atoms with Crippen LogP contribution in [-0.4, -0.2) is 11.7 Å². The predicted octanol–water partition coefficient (Wildman–Crippen LogP) is 4.44. The van der Waals surface area contributed by atoms with Crippen LogP contribution in [0.15, 0.2) is 53.0 Å². The van der Waals surface area contributed by atoms with Crippen LogP contribution in [0, 0.1) is 0 Å². The third-order valence-corrected chi connectivity index (χ3v) is 3.89. The summed E-state index contributed by atoms with van der Waals surface area (Å²) in [5.74, 6) is 0.322. The fraction of sp³-hybridized carbons (Fsp3) is 0.294. The van der Waals surface area contributed by atoms with Gasteiger partial charge in [-0.25, -0.2) is 0 Å². The van der Waals surface area contributed by atoms with Gasteiger partial charge in [0, 0.05) is 10.5 Å². The van der Waals surface area contributed by atoms with E-state index >= 15 is 0 Å². The van der Waals surface area contributed by atoms with Crippen LogP contribution in [0.5, 0.6) is 5.75 Å². The molecular weight excluding hydrogens is 314 g/mol. The Bertz CT molecular complexity index is 539. The molecule has 2 N–H and O–H groups in total. The molecule has 0 spiro atoms. The molecule has 2 rings (SSSR count). The minimum Gasteiger partial charge on any atom is -0.508 e. The van der Waals surface area contributed by atoms with E-state index in [9.17, 15) is 5.11 Å². The lowest BCUT2D eigenvalue weighted by atomic mass is 10.0. The molecule has 20 heavy (non-hydrogen) atoms. The second kappa shape index (κ2) is 7.46. The van der Waals surface area contributed by atoms with E-state index in [1.807, 2.05) is 18.2 Å². The summed E-state index contributed by atoms with van der Waals surface area (Å²) in [4.78, 5) is 0. The van der Waals surface area contributed by atoms with Gasteiger partial charge in [0.1, 0.15) is 5.75 Å². The molecule has 0 bridgehead atoms. The molecule has 0 saturated heterocycles. The Morgan fingerprint density at radius 1 is 1.15 bits per heavy atom. The third kappa shape index (κ3) is 4.36. The quantitative estimate of drug-likeness (QED) is 0.819. The summed E-state index contributed by atoms with van der Waals surface area (Å²) in [6, 6.07) is 16.2. The van der Waals surface area contributed by atoms with Gasteiger partial charge in [-0.15, -0.1) is 0 Å². The molecule has 2 aromatic carbocycles. The number of rotatable bonds is 6. The van der Waals surface area contributed by atoms with Crippen molar-refractivity contribution >= 4 is 15.9 Å². The van der Waals surface area contributed by atoms with Gasteiger partial charge >= 0.3 is 0 Å². The van der Waals surface area contributed by atoms with Crippen molar-refractivity contribution in [3.8, 4) is 5.75 Å². The Hall–Kier alpha value is -1.32. The Labute approximate surface area is 129 Å². The second-order valence-corrected chi connectivity index (χ2v) is 5.80. The van der Waals surface area contributed by atoms with Crippen LogP contribution in [0.1, 0.15) is 30.5 Å². The first-order valence-corrected chi connectivity index (χ1v) is 7.75. The summed E-state index contributed by atoms with van der Waals surface area (Å²) in [5, 5.41) is 12.9. The van der Waals surface area contributed by atoms with Gasteiger partial charge < -0.3 is 10.4 Å². The maximum absolute atomic E-state index is 9.26. The molecule has 106 valence electrons. The highest BCUT2D eigenvalue weighted by molar-refractivity contribution is 9.10. The smallest absolute Gasteiger partial charge is 0.115 e. The Morgan fingerprint density at radius 2 is 1.90 bits per heavy atom. The first kappa shape index (κ1) is 15.1. The Morgan fingerprint density at radius 3 is 2.55 bits per heavy atom. The van der Waals surface area contributed by atoms with Gasteiger partial charge in [0.15, 0.2) is 0 Å². The topological polar surface area (TPSA) is 32.3 Å². The lowest BCUT2D eigenvalue weighted by Crippen LogP contribution is -2.23. The minimum absolute atomic E-state index is 0.322. The van der Waals surface area contributed by atoms with Gasteiger partial charge in [0.2, 0.25) is 0 Å². The molecule has 3 heteroatoms. The molecule has 0 amide bonds. The maximum Gasteiger partial charge on any atom is 0.115 e. The monoisotopic (exact) mass is 333 g/mol. The zero-order valence-electron chi connectivity index (χ0n) is 11.6. The summed E-state index contributed by atoms with van der Waals surface area (Å²) < 4.78 is 1.12. The van der Waals surface area contributed by atoms with Crippen molar-refractivity contribution in [2.24, 2.45) is 0 Å². The molecule has 2 aromatic rings. The minimum atomic E-state index is 0.322. The van der Waals surface area contributed by atoms with E-state index in [-0.39, 0.29) is 0 Å². The van der Waals surface area contributed by atoms with Gasteiger partial charge in [0.05, 0.1) is 0 Å². The van der Waals surface area contributed by atoms with E-state index in [1.54, 1.807) is 12.1 Å². The number of hydrogen-bond acceptors (Lipinski definition) is 2. The lowest BCUT2D eigenvalue weighted by molar-refractivity contribution is 0.475. The van der Waals surface area contributed by atoms with Crippen LogP contribution in [0.4, 0.5) is 0 Å². The van der Waals surface area contributed by atoms with Crippen LogP contribution in [0.25, 0.3) is 0 Å². The number of phenols is 1. The average Bonchev–Trinajstić information content (AvgIpc) is 2.45. The molecule has 0 heterocycles.